The molecular weight excluding hydrogens is 250 g/mol. The van der Waals surface area contributed by atoms with E-state index in [1.54, 1.807) is 18.2 Å². The number of benzene rings is 1. The number of anilines is 1. The maximum atomic E-state index is 11.9. The lowest BCUT2D eigenvalue weighted by Crippen LogP contribution is -2.34. The summed E-state index contributed by atoms with van der Waals surface area (Å²) in [5, 5.41) is 3.24. The number of rotatable bonds is 6. The van der Waals surface area contributed by atoms with E-state index in [9.17, 15) is 4.79 Å². The van der Waals surface area contributed by atoms with Gasteiger partial charge in [-0.2, -0.15) is 0 Å². The summed E-state index contributed by atoms with van der Waals surface area (Å²) < 4.78 is 0. The summed E-state index contributed by atoms with van der Waals surface area (Å²) >= 11 is 5.97. The molecule has 18 heavy (non-hydrogen) atoms. The van der Waals surface area contributed by atoms with Crippen LogP contribution in [0.3, 0.4) is 0 Å². The van der Waals surface area contributed by atoms with Crippen molar-refractivity contribution < 1.29 is 4.79 Å². The molecule has 5 heteroatoms. The lowest BCUT2D eigenvalue weighted by atomic mass is 10.2. The van der Waals surface area contributed by atoms with E-state index in [0.717, 1.165) is 19.6 Å². The Balaban J connectivity index is 2.50. The fourth-order valence-electron chi connectivity index (χ4n) is 1.68. The van der Waals surface area contributed by atoms with Crippen LogP contribution in [0.2, 0.25) is 5.02 Å². The molecule has 0 heterocycles. The fourth-order valence-corrected chi connectivity index (χ4v) is 1.95. The highest BCUT2D eigenvalue weighted by molar-refractivity contribution is 6.34. The van der Waals surface area contributed by atoms with Crippen LogP contribution in [0.4, 0.5) is 5.69 Å². The van der Waals surface area contributed by atoms with Crippen LogP contribution in [0.15, 0.2) is 18.2 Å². The van der Waals surface area contributed by atoms with Crippen LogP contribution in [0, 0.1) is 0 Å². The van der Waals surface area contributed by atoms with Gasteiger partial charge in [0.15, 0.2) is 0 Å². The first-order valence-corrected chi connectivity index (χ1v) is 6.51. The molecule has 0 saturated carbocycles. The molecule has 1 rings (SSSR count). The summed E-state index contributed by atoms with van der Waals surface area (Å²) in [5.41, 5.74) is 6.60. The molecule has 1 amide bonds. The number of nitrogens with zero attached hydrogens (tertiary/aromatic N) is 1. The molecule has 0 spiro atoms. The number of nitrogens with one attached hydrogen (secondary N) is 1. The zero-order valence-corrected chi connectivity index (χ0v) is 11.6. The zero-order valence-electron chi connectivity index (χ0n) is 10.9. The van der Waals surface area contributed by atoms with Gasteiger partial charge in [-0.25, -0.2) is 0 Å². The minimum atomic E-state index is -0.160. The van der Waals surface area contributed by atoms with Gasteiger partial charge < -0.3 is 16.0 Å². The van der Waals surface area contributed by atoms with Gasteiger partial charge in [0.05, 0.1) is 10.6 Å². The Morgan fingerprint density at radius 3 is 2.61 bits per heavy atom. The van der Waals surface area contributed by atoms with E-state index in [4.69, 9.17) is 17.3 Å². The van der Waals surface area contributed by atoms with Crippen LogP contribution in [-0.4, -0.2) is 37.0 Å². The molecule has 0 aliphatic heterocycles. The third kappa shape index (κ3) is 4.20. The van der Waals surface area contributed by atoms with Crippen molar-refractivity contribution in [2.24, 2.45) is 0 Å². The molecule has 100 valence electrons. The van der Waals surface area contributed by atoms with Crippen molar-refractivity contribution in [2.75, 3.05) is 31.9 Å². The molecule has 0 aliphatic rings. The highest BCUT2D eigenvalue weighted by atomic mass is 35.5. The quantitative estimate of drug-likeness (QED) is 0.777. The van der Waals surface area contributed by atoms with Crippen molar-refractivity contribution in [3.8, 4) is 0 Å². The average Bonchev–Trinajstić information content (AvgIpc) is 2.34. The fraction of sp³-hybridized carbons (Fsp3) is 0.462. The summed E-state index contributed by atoms with van der Waals surface area (Å²) in [6.07, 6.45) is 0. The second-order valence-corrected chi connectivity index (χ2v) is 4.43. The summed E-state index contributed by atoms with van der Waals surface area (Å²) in [5.74, 6) is -0.160. The summed E-state index contributed by atoms with van der Waals surface area (Å²) in [7, 11) is 0. The van der Waals surface area contributed by atoms with Crippen molar-refractivity contribution in [1.82, 2.24) is 10.2 Å². The molecule has 4 nitrogen and oxygen atoms in total. The highest BCUT2D eigenvalue weighted by Gasteiger charge is 2.10. The van der Waals surface area contributed by atoms with Gasteiger partial charge >= 0.3 is 0 Å². The van der Waals surface area contributed by atoms with Crippen molar-refractivity contribution in [1.29, 1.82) is 0 Å². The number of halogens is 1. The van der Waals surface area contributed by atoms with Crippen molar-refractivity contribution in [2.45, 2.75) is 13.8 Å². The Morgan fingerprint density at radius 2 is 2.06 bits per heavy atom. The second kappa shape index (κ2) is 7.24. The summed E-state index contributed by atoms with van der Waals surface area (Å²) in [4.78, 5) is 14.1. The van der Waals surface area contributed by atoms with E-state index in [0.29, 0.717) is 22.8 Å². The smallest absolute Gasteiger partial charge is 0.252 e. The molecule has 0 saturated heterocycles. The van der Waals surface area contributed by atoms with Gasteiger partial charge in [-0.05, 0) is 31.3 Å². The van der Waals surface area contributed by atoms with E-state index >= 15 is 0 Å². The molecular formula is C13H20ClN3O. The Hall–Kier alpha value is -1.26. The Bertz CT molecular complexity index is 405. The number of amides is 1. The van der Waals surface area contributed by atoms with Gasteiger partial charge in [-0.3, -0.25) is 4.79 Å². The van der Waals surface area contributed by atoms with Gasteiger partial charge in [0.1, 0.15) is 0 Å². The number of carbonyl (C=O) groups is 1. The molecule has 0 atom stereocenters. The van der Waals surface area contributed by atoms with Crippen LogP contribution < -0.4 is 11.1 Å². The first-order valence-electron chi connectivity index (χ1n) is 6.14. The number of nitrogen functional groups attached to an aromatic ring is 1. The number of likely N-dealkylation sites (N-methyl/N-ethyl adjacent to an activating group) is 1. The van der Waals surface area contributed by atoms with Crippen molar-refractivity contribution >= 4 is 23.2 Å². The maximum Gasteiger partial charge on any atom is 0.252 e. The molecule has 0 aliphatic carbocycles. The molecule has 3 N–H and O–H groups in total. The average molecular weight is 270 g/mol. The molecule has 0 radical (unpaired) electrons. The zero-order chi connectivity index (χ0) is 13.5. The van der Waals surface area contributed by atoms with Crippen LogP contribution in [0.5, 0.6) is 0 Å². The van der Waals surface area contributed by atoms with Crippen molar-refractivity contribution in [3.63, 3.8) is 0 Å². The van der Waals surface area contributed by atoms with E-state index in [2.05, 4.69) is 24.1 Å². The Labute approximate surface area is 113 Å². The summed E-state index contributed by atoms with van der Waals surface area (Å²) in [6, 6.07) is 4.90. The van der Waals surface area contributed by atoms with Crippen LogP contribution in [-0.2, 0) is 0 Å². The minimum absolute atomic E-state index is 0.160. The SMILES string of the molecule is CCN(CC)CCNC(=O)c1ccc(N)cc1Cl. The third-order valence-electron chi connectivity index (χ3n) is 2.85. The minimum Gasteiger partial charge on any atom is -0.399 e. The van der Waals surface area contributed by atoms with E-state index in [1.807, 2.05) is 0 Å². The maximum absolute atomic E-state index is 11.9. The lowest BCUT2D eigenvalue weighted by Gasteiger charge is -2.18. The predicted octanol–water partition coefficient (Wildman–Crippen LogP) is 1.99. The molecule has 0 unspecified atom stereocenters. The number of hydrogen-bond acceptors (Lipinski definition) is 3. The summed E-state index contributed by atoms with van der Waals surface area (Å²) in [6.45, 7) is 7.61. The van der Waals surface area contributed by atoms with Gasteiger partial charge in [0.2, 0.25) is 0 Å². The van der Waals surface area contributed by atoms with Gasteiger partial charge in [-0.1, -0.05) is 25.4 Å². The second-order valence-electron chi connectivity index (χ2n) is 4.02. The van der Waals surface area contributed by atoms with Crippen LogP contribution in [0.25, 0.3) is 0 Å². The molecule has 1 aromatic carbocycles. The van der Waals surface area contributed by atoms with E-state index in [-0.39, 0.29) is 5.91 Å². The Kier molecular flexibility index (Phi) is 5.95. The molecule has 0 aromatic heterocycles. The molecule has 1 aromatic rings. The van der Waals surface area contributed by atoms with Crippen LogP contribution in [0.1, 0.15) is 24.2 Å². The van der Waals surface area contributed by atoms with Crippen molar-refractivity contribution in [3.05, 3.63) is 28.8 Å². The first-order chi connectivity index (χ1) is 8.58. The number of carbonyl (C=O) groups excluding carboxylic acids is 1. The Morgan fingerprint density at radius 1 is 1.39 bits per heavy atom. The normalized spacial score (nSPS) is 10.7. The number of hydrogen-bond donors (Lipinski definition) is 2. The standard InChI is InChI=1S/C13H20ClN3O/c1-3-17(4-2)8-7-16-13(18)11-6-5-10(15)9-12(11)14/h5-6,9H,3-4,7-8,15H2,1-2H3,(H,16,18). The molecule has 0 fully saturated rings. The monoisotopic (exact) mass is 269 g/mol. The van der Waals surface area contributed by atoms with Gasteiger partial charge in [-0.15, -0.1) is 0 Å². The van der Waals surface area contributed by atoms with Gasteiger partial charge in [0, 0.05) is 18.8 Å². The largest absolute Gasteiger partial charge is 0.399 e. The van der Waals surface area contributed by atoms with Crippen LogP contribution >= 0.6 is 11.6 Å². The van der Waals surface area contributed by atoms with Gasteiger partial charge in [0.25, 0.3) is 5.91 Å². The highest BCUT2D eigenvalue weighted by Crippen LogP contribution is 2.18. The van der Waals surface area contributed by atoms with E-state index in [1.165, 1.54) is 0 Å². The lowest BCUT2D eigenvalue weighted by molar-refractivity contribution is 0.0949. The predicted molar refractivity (Wildman–Crippen MR) is 76.0 cm³/mol. The topological polar surface area (TPSA) is 58.4 Å². The third-order valence-corrected chi connectivity index (χ3v) is 3.16. The molecule has 0 bridgehead atoms. The number of nitrogens with two attached hydrogens (primary N) is 1. The first kappa shape index (κ1) is 14.8. The van der Waals surface area contributed by atoms with E-state index < -0.39 is 0 Å².